The molecule has 5 nitrogen and oxygen atoms in total. The Morgan fingerprint density at radius 3 is 2.59 bits per heavy atom. The van der Waals surface area contributed by atoms with Crippen LogP contribution in [0.2, 0.25) is 0 Å². The zero-order chi connectivity index (χ0) is 12.9. The number of hydrogen-bond acceptors (Lipinski definition) is 4. The number of amides is 1. The van der Waals surface area contributed by atoms with Gasteiger partial charge < -0.3 is 19.9 Å². The van der Waals surface area contributed by atoms with Gasteiger partial charge in [-0.25, -0.2) is 4.79 Å². The van der Waals surface area contributed by atoms with Gasteiger partial charge in [0.25, 0.3) is 0 Å². The van der Waals surface area contributed by atoms with Crippen LogP contribution in [0, 0.1) is 5.92 Å². The minimum atomic E-state index is -0.522. The molecule has 1 unspecified atom stereocenters. The topological polar surface area (TPSA) is 67.8 Å². The van der Waals surface area contributed by atoms with Crippen LogP contribution >= 0.6 is 0 Å². The van der Waals surface area contributed by atoms with Gasteiger partial charge in [0.2, 0.25) is 0 Å². The number of alkyl carbamates (subject to hydrolysis) is 1. The van der Waals surface area contributed by atoms with E-state index in [2.05, 4.69) is 5.32 Å². The van der Waals surface area contributed by atoms with Crippen molar-refractivity contribution in [2.75, 3.05) is 19.8 Å². The molecule has 2 N–H and O–H groups in total. The molecule has 1 saturated heterocycles. The lowest BCUT2D eigenvalue weighted by Gasteiger charge is -2.27. The lowest BCUT2D eigenvalue weighted by molar-refractivity contribution is 0.00556. The number of ether oxygens (including phenoxy) is 2. The molecule has 0 spiro atoms. The second kappa shape index (κ2) is 6.21. The minimum Gasteiger partial charge on any atom is -0.444 e. The van der Waals surface area contributed by atoms with Crippen molar-refractivity contribution in [3.8, 4) is 0 Å². The van der Waals surface area contributed by atoms with Crippen LogP contribution in [0.4, 0.5) is 4.79 Å². The van der Waals surface area contributed by atoms with Crippen molar-refractivity contribution in [3.05, 3.63) is 0 Å². The molecule has 0 aromatic carbocycles. The molecule has 100 valence electrons. The highest BCUT2D eigenvalue weighted by atomic mass is 16.6. The first kappa shape index (κ1) is 14.3. The predicted molar refractivity (Wildman–Crippen MR) is 63.8 cm³/mol. The summed E-state index contributed by atoms with van der Waals surface area (Å²) < 4.78 is 10.3. The molecule has 17 heavy (non-hydrogen) atoms. The number of carbonyl (C=O) groups excluding carboxylic acids is 1. The summed E-state index contributed by atoms with van der Waals surface area (Å²) in [4.78, 5) is 11.4. The number of aliphatic hydroxyl groups is 1. The van der Waals surface area contributed by atoms with Gasteiger partial charge in [0.1, 0.15) is 5.60 Å². The van der Waals surface area contributed by atoms with E-state index in [9.17, 15) is 9.90 Å². The van der Waals surface area contributed by atoms with Crippen LogP contribution in [0.25, 0.3) is 0 Å². The summed E-state index contributed by atoms with van der Waals surface area (Å²) in [6, 6.07) is 0. The third-order valence-corrected chi connectivity index (χ3v) is 2.66. The molecule has 0 bridgehead atoms. The van der Waals surface area contributed by atoms with Crippen LogP contribution < -0.4 is 5.32 Å². The Bertz CT molecular complexity index is 243. The summed E-state index contributed by atoms with van der Waals surface area (Å²) >= 11 is 0. The van der Waals surface area contributed by atoms with Crippen molar-refractivity contribution in [2.24, 2.45) is 5.92 Å². The molecular formula is C12H23NO4. The molecule has 1 rings (SSSR count). The van der Waals surface area contributed by atoms with Gasteiger partial charge in [0, 0.05) is 19.8 Å². The van der Waals surface area contributed by atoms with Crippen LogP contribution in [-0.2, 0) is 9.47 Å². The Balaban J connectivity index is 2.22. The fraction of sp³-hybridized carbons (Fsp3) is 0.917. The molecular weight excluding hydrogens is 222 g/mol. The van der Waals surface area contributed by atoms with Gasteiger partial charge >= 0.3 is 6.09 Å². The monoisotopic (exact) mass is 245 g/mol. The highest BCUT2D eigenvalue weighted by Crippen LogP contribution is 2.18. The molecule has 1 aliphatic rings. The fourth-order valence-electron chi connectivity index (χ4n) is 1.77. The standard InChI is InChI=1S/C12H23NO4/c1-12(2,3)17-11(15)13-8-10(14)9-4-6-16-7-5-9/h9-10,14H,4-8H2,1-3H3,(H,13,15). The van der Waals surface area contributed by atoms with Crippen molar-refractivity contribution in [2.45, 2.75) is 45.3 Å². The maximum Gasteiger partial charge on any atom is 0.407 e. The Morgan fingerprint density at radius 2 is 2.06 bits per heavy atom. The third-order valence-electron chi connectivity index (χ3n) is 2.66. The van der Waals surface area contributed by atoms with E-state index in [-0.39, 0.29) is 12.5 Å². The Morgan fingerprint density at radius 1 is 1.47 bits per heavy atom. The van der Waals surface area contributed by atoms with Gasteiger partial charge in [0.15, 0.2) is 0 Å². The smallest absolute Gasteiger partial charge is 0.407 e. The number of nitrogens with one attached hydrogen (secondary N) is 1. The summed E-state index contributed by atoms with van der Waals surface area (Å²) in [5.41, 5.74) is -0.506. The van der Waals surface area contributed by atoms with Gasteiger partial charge in [-0.05, 0) is 39.5 Å². The molecule has 0 aliphatic carbocycles. The number of aliphatic hydroxyl groups excluding tert-OH is 1. The summed E-state index contributed by atoms with van der Waals surface area (Å²) in [5, 5.41) is 12.5. The van der Waals surface area contributed by atoms with Crippen LogP contribution in [0.15, 0.2) is 0 Å². The van der Waals surface area contributed by atoms with Crippen molar-refractivity contribution in [1.29, 1.82) is 0 Å². The first-order chi connectivity index (χ1) is 7.88. The summed E-state index contributed by atoms with van der Waals surface area (Å²) in [6.07, 6.45) is 0.684. The average Bonchev–Trinajstić information content (AvgIpc) is 2.25. The van der Waals surface area contributed by atoms with Crippen molar-refractivity contribution in [1.82, 2.24) is 5.32 Å². The number of hydrogen-bond donors (Lipinski definition) is 2. The average molecular weight is 245 g/mol. The molecule has 0 aromatic rings. The first-order valence-corrected chi connectivity index (χ1v) is 6.11. The van der Waals surface area contributed by atoms with Crippen LogP contribution in [0.3, 0.4) is 0 Å². The highest BCUT2D eigenvalue weighted by Gasteiger charge is 2.23. The Labute approximate surface area is 102 Å². The van der Waals surface area contributed by atoms with E-state index in [4.69, 9.17) is 9.47 Å². The Hall–Kier alpha value is -0.810. The zero-order valence-electron chi connectivity index (χ0n) is 10.9. The van der Waals surface area contributed by atoms with E-state index in [0.717, 1.165) is 12.8 Å². The van der Waals surface area contributed by atoms with Gasteiger partial charge in [-0.15, -0.1) is 0 Å². The molecule has 1 heterocycles. The maximum absolute atomic E-state index is 11.4. The maximum atomic E-state index is 11.4. The molecule has 1 atom stereocenters. The van der Waals surface area contributed by atoms with E-state index >= 15 is 0 Å². The summed E-state index contributed by atoms with van der Waals surface area (Å²) in [6.45, 7) is 7.03. The molecule has 1 amide bonds. The largest absolute Gasteiger partial charge is 0.444 e. The van der Waals surface area contributed by atoms with Gasteiger partial charge in [0.05, 0.1) is 6.10 Å². The van der Waals surface area contributed by atoms with Crippen molar-refractivity contribution >= 4 is 6.09 Å². The number of carbonyl (C=O) groups is 1. The SMILES string of the molecule is CC(C)(C)OC(=O)NCC(O)C1CCOCC1. The second-order valence-electron chi connectivity index (χ2n) is 5.40. The third kappa shape index (κ3) is 5.89. The van der Waals surface area contributed by atoms with E-state index in [1.807, 2.05) is 20.8 Å². The van der Waals surface area contributed by atoms with E-state index < -0.39 is 17.8 Å². The van der Waals surface area contributed by atoms with Crippen LogP contribution in [0.1, 0.15) is 33.6 Å². The minimum absolute atomic E-state index is 0.207. The molecule has 5 heteroatoms. The molecule has 0 radical (unpaired) electrons. The summed E-state index contributed by atoms with van der Waals surface area (Å²) in [7, 11) is 0. The summed E-state index contributed by atoms with van der Waals surface area (Å²) in [5.74, 6) is 0.207. The number of rotatable bonds is 3. The molecule has 0 saturated carbocycles. The van der Waals surface area contributed by atoms with E-state index in [1.54, 1.807) is 0 Å². The zero-order valence-corrected chi connectivity index (χ0v) is 10.9. The normalized spacial score (nSPS) is 19.8. The fourth-order valence-corrected chi connectivity index (χ4v) is 1.77. The molecule has 0 aromatic heterocycles. The molecule has 1 aliphatic heterocycles. The lowest BCUT2D eigenvalue weighted by atomic mass is 9.94. The van der Waals surface area contributed by atoms with Crippen molar-refractivity contribution in [3.63, 3.8) is 0 Å². The van der Waals surface area contributed by atoms with Crippen LogP contribution in [-0.4, -0.2) is 42.7 Å². The van der Waals surface area contributed by atoms with Gasteiger partial charge in [-0.3, -0.25) is 0 Å². The Kier molecular flexibility index (Phi) is 5.21. The van der Waals surface area contributed by atoms with E-state index in [1.165, 1.54) is 0 Å². The van der Waals surface area contributed by atoms with Crippen molar-refractivity contribution < 1.29 is 19.4 Å². The predicted octanol–water partition coefficient (Wildman–Crippen LogP) is 1.30. The highest BCUT2D eigenvalue weighted by molar-refractivity contribution is 5.67. The van der Waals surface area contributed by atoms with Crippen LogP contribution in [0.5, 0.6) is 0 Å². The quantitative estimate of drug-likeness (QED) is 0.786. The van der Waals surface area contributed by atoms with Gasteiger partial charge in [-0.2, -0.15) is 0 Å². The van der Waals surface area contributed by atoms with E-state index in [0.29, 0.717) is 13.2 Å². The lowest BCUT2D eigenvalue weighted by Crippen LogP contribution is -2.40. The van der Waals surface area contributed by atoms with Gasteiger partial charge in [-0.1, -0.05) is 0 Å². The second-order valence-corrected chi connectivity index (χ2v) is 5.40. The first-order valence-electron chi connectivity index (χ1n) is 6.11. The molecule has 1 fully saturated rings.